The second-order valence-corrected chi connectivity index (χ2v) is 7.40. The molecule has 0 bridgehead atoms. The van der Waals surface area contributed by atoms with Crippen LogP contribution >= 0.6 is 11.3 Å². The van der Waals surface area contributed by atoms with Crippen molar-refractivity contribution in [1.29, 1.82) is 0 Å². The summed E-state index contributed by atoms with van der Waals surface area (Å²) < 4.78 is 0. The molecule has 1 aliphatic carbocycles. The minimum atomic E-state index is 0.227. The van der Waals surface area contributed by atoms with Gasteiger partial charge in [0.05, 0.1) is 0 Å². The van der Waals surface area contributed by atoms with Crippen LogP contribution in [0, 0.1) is 0 Å². The maximum atomic E-state index is 3.80. The molecule has 3 rings (SSSR count). The molecule has 0 saturated carbocycles. The number of thiophene rings is 1. The van der Waals surface area contributed by atoms with Gasteiger partial charge >= 0.3 is 0 Å². The Hall–Kier alpha value is -1.12. The van der Waals surface area contributed by atoms with Gasteiger partial charge in [-0.1, -0.05) is 44.2 Å². The molecule has 1 aromatic carbocycles. The highest BCUT2D eigenvalue weighted by Gasteiger charge is 2.24. The van der Waals surface area contributed by atoms with Gasteiger partial charge in [-0.05, 0) is 41.8 Å². The van der Waals surface area contributed by atoms with Gasteiger partial charge in [0.25, 0.3) is 0 Å². The first-order chi connectivity index (χ1) is 9.65. The fourth-order valence-electron chi connectivity index (χ4n) is 3.02. The molecular weight excluding hydrogens is 262 g/mol. The Bertz CT molecular complexity index is 557. The van der Waals surface area contributed by atoms with E-state index in [0.29, 0.717) is 6.04 Å². The van der Waals surface area contributed by atoms with Crippen molar-refractivity contribution in [2.45, 2.75) is 44.6 Å². The summed E-state index contributed by atoms with van der Waals surface area (Å²) in [5, 5.41) is 5.97. The molecule has 1 N–H and O–H groups in total. The lowest BCUT2D eigenvalue weighted by molar-refractivity contribution is 0.395. The van der Waals surface area contributed by atoms with E-state index in [0.717, 1.165) is 6.54 Å². The summed E-state index contributed by atoms with van der Waals surface area (Å²) in [4.78, 5) is 1.47. The molecule has 1 atom stereocenters. The van der Waals surface area contributed by atoms with Gasteiger partial charge < -0.3 is 5.32 Å². The number of hydrogen-bond acceptors (Lipinski definition) is 2. The Balaban J connectivity index is 1.60. The van der Waals surface area contributed by atoms with Crippen molar-refractivity contribution in [1.82, 2.24) is 5.32 Å². The van der Waals surface area contributed by atoms with Crippen molar-refractivity contribution in [3.8, 4) is 0 Å². The zero-order chi connectivity index (χ0) is 14.0. The Labute approximate surface area is 126 Å². The second-order valence-electron chi connectivity index (χ2n) is 6.45. The Morgan fingerprint density at radius 1 is 1.15 bits per heavy atom. The van der Waals surface area contributed by atoms with Crippen molar-refractivity contribution in [3.63, 3.8) is 0 Å². The first kappa shape index (κ1) is 13.8. The van der Waals surface area contributed by atoms with Gasteiger partial charge in [0.2, 0.25) is 0 Å². The maximum absolute atomic E-state index is 3.80. The van der Waals surface area contributed by atoms with E-state index in [-0.39, 0.29) is 5.41 Å². The lowest BCUT2D eigenvalue weighted by atomic mass is 9.86. The molecule has 20 heavy (non-hydrogen) atoms. The van der Waals surface area contributed by atoms with Crippen molar-refractivity contribution < 1.29 is 0 Å². The minimum Gasteiger partial charge on any atom is -0.313 e. The van der Waals surface area contributed by atoms with Crippen molar-refractivity contribution >= 4 is 11.3 Å². The molecule has 2 heteroatoms. The Morgan fingerprint density at radius 3 is 2.70 bits per heavy atom. The van der Waals surface area contributed by atoms with Crippen LogP contribution in [0.2, 0.25) is 0 Å². The van der Waals surface area contributed by atoms with Crippen LogP contribution in [-0.4, -0.2) is 12.6 Å². The summed E-state index contributed by atoms with van der Waals surface area (Å²) in [6.07, 6.45) is 3.65. The second kappa shape index (κ2) is 5.71. The summed E-state index contributed by atoms with van der Waals surface area (Å²) in [7, 11) is 0. The largest absolute Gasteiger partial charge is 0.313 e. The molecule has 0 radical (unpaired) electrons. The van der Waals surface area contributed by atoms with Crippen LogP contribution in [0.25, 0.3) is 0 Å². The van der Waals surface area contributed by atoms with E-state index >= 15 is 0 Å². The molecule has 0 fully saturated rings. The highest BCUT2D eigenvalue weighted by Crippen LogP contribution is 2.28. The smallest absolute Gasteiger partial charge is 0.0115 e. The van der Waals surface area contributed by atoms with E-state index in [2.05, 4.69) is 60.9 Å². The van der Waals surface area contributed by atoms with E-state index < -0.39 is 0 Å². The van der Waals surface area contributed by atoms with Gasteiger partial charge in [-0.25, -0.2) is 0 Å². The van der Waals surface area contributed by atoms with Crippen LogP contribution in [0.1, 0.15) is 36.3 Å². The van der Waals surface area contributed by atoms with Gasteiger partial charge in [-0.3, -0.25) is 0 Å². The van der Waals surface area contributed by atoms with Crippen LogP contribution in [0.4, 0.5) is 0 Å². The van der Waals surface area contributed by atoms with Gasteiger partial charge in [0.15, 0.2) is 0 Å². The van der Waals surface area contributed by atoms with Crippen molar-refractivity contribution in [3.05, 3.63) is 57.8 Å². The molecule has 1 aliphatic rings. The van der Waals surface area contributed by atoms with Gasteiger partial charge in [-0.15, -0.1) is 11.3 Å². The van der Waals surface area contributed by atoms with Crippen LogP contribution < -0.4 is 5.32 Å². The van der Waals surface area contributed by atoms with Crippen LogP contribution in [0.3, 0.4) is 0 Å². The Kier molecular flexibility index (Phi) is 3.95. The first-order valence-corrected chi connectivity index (χ1v) is 8.37. The summed E-state index contributed by atoms with van der Waals surface area (Å²) in [6, 6.07) is 13.9. The SMILES string of the molecule is CC(C)(CNC1CCc2ccccc2C1)c1cccs1. The topological polar surface area (TPSA) is 12.0 Å². The molecule has 1 heterocycles. The summed E-state index contributed by atoms with van der Waals surface area (Å²) in [5.41, 5.74) is 3.30. The molecule has 2 aromatic rings. The third-order valence-corrected chi connectivity index (χ3v) is 5.60. The average Bonchev–Trinajstić information content (AvgIpc) is 3.00. The van der Waals surface area contributed by atoms with E-state index in [4.69, 9.17) is 0 Å². The molecule has 1 aromatic heterocycles. The molecular formula is C18H23NS. The third kappa shape index (κ3) is 2.97. The number of nitrogens with one attached hydrogen (secondary N) is 1. The van der Waals surface area contributed by atoms with E-state index in [9.17, 15) is 0 Å². The molecule has 1 unspecified atom stereocenters. The summed E-state index contributed by atoms with van der Waals surface area (Å²) in [5.74, 6) is 0. The van der Waals surface area contributed by atoms with Gasteiger partial charge in [0.1, 0.15) is 0 Å². The quantitative estimate of drug-likeness (QED) is 0.889. The standard InChI is InChI=1S/C18H23NS/c1-18(2,17-8-5-11-20-17)13-19-16-10-9-14-6-3-4-7-15(14)12-16/h3-8,11,16,19H,9-10,12-13H2,1-2H3. The zero-order valence-electron chi connectivity index (χ0n) is 12.4. The van der Waals surface area contributed by atoms with E-state index in [1.165, 1.54) is 29.7 Å². The molecule has 0 aliphatic heterocycles. The number of rotatable bonds is 4. The van der Waals surface area contributed by atoms with Crippen LogP contribution in [-0.2, 0) is 18.3 Å². The fourth-order valence-corrected chi connectivity index (χ4v) is 3.87. The summed E-state index contributed by atoms with van der Waals surface area (Å²) >= 11 is 1.87. The average molecular weight is 285 g/mol. The first-order valence-electron chi connectivity index (χ1n) is 7.49. The normalized spacial score (nSPS) is 18.8. The predicted molar refractivity (Wildman–Crippen MR) is 87.6 cm³/mol. The molecule has 1 nitrogen and oxygen atoms in total. The lowest BCUT2D eigenvalue weighted by Crippen LogP contribution is -2.41. The highest BCUT2D eigenvalue weighted by atomic mass is 32.1. The summed E-state index contributed by atoms with van der Waals surface area (Å²) in [6.45, 7) is 5.73. The van der Waals surface area contributed by atoms with E-state index in [1.807, 2.05) is 11.3 Å². The maximum Gasteiger partial charge on any atom is 0.0115 e. The van der Waals surface area contributed by atoms with Crippen molar-refractivity contribution in [2.24, 2.45) is 0 Å². The lowest BCUT2D eigenvalue weighted by Gasteiger charge is -2.30. The van der Waals surface area contributed by atoms with Gasteiger partial charge in [-0.2, -0.15) is 0 Å². The van der Waals surface area contributed by atoms with E-state index in [1.54, 1.807) is 5.56 Å². The predicted octanol–water partition coefficient (Wildman–Crippen LogP) is 4.17. The van der Waals surface area contributed by atoms with Crippen LogP contribution in [0.15, 0.2) is 41.8 Å². The van der Waals surface area contributed by atoms with Gasteiger partial charge in [0, 0.05) is 22.9 Å². The minimum absolute atomic E-state index is 0.227. The number of benzene rings is 1. The number of aryl methyl sites for hydroxylation is 1. The van der Waals surface area contributed by atoms with Crippen LogP contribution in [0.5, 0.6) is 0 Å². The highest BCUT2D eigenvalue weighted by molar-refractivity contribution is 7.10. The monoisotopic (exact) mass is 285 g/mol. The Morgan fingerprint density at radius 2 is 1.95 bits per heavy atom. The number of fused-ring (bicyclic) bond motifs is 1. The molecule has 0 spiro atoms. The fraction of sp³-hybridized carbons (Fsp3) is 0.444. The molecule has 0 saturated heterocycles. The zero-order valence-corrected chi connectivity index (χ0v) is 13.2. The molecule has 0 amide bonds. The molecule has 106 valence electrons. The third-order valence-electron chi connectivity index (χ3n) is 4.37. The van der Waals surface area contributed by atoms with Crippen molar-refractivity contribution in [2.75, 3.05) is 6.54 Å². The number of hydrogen-bond donors (Lipinski definition) is 1.